The highest BCUT2D eigenvalue weighted by Crippen LogP contribution is 2.33. The molecule has 1 unspecified atom stereocenters. The summed E-state index contributed by atoms with van der Waals surface area (Å²) in [7, 11) is 0. The summed E-state index contributed by atoms with van der Waals surface area (Å²) < 4.78 is 1.76. The van der Waals surface area contributed by atoms with E-state index in [1.54, 1.807) is 16.9 Å². The molecule has 1 aliphatic rings. The van der Waals surface area contributed by atoms with Crippen LogP contribution in [0.4, 0.5) is 0 Å². The van der Waals surface area contributed by atoms with E-state index in [4.69, 9.17) is 0 Å². The van der Waals surface area contributed by atoms with Crippen molar-refractivity contribution in [1.82, 2.24) is 30.1 Å². The first-order valence-corrected chi connectivity index (χ1v) is 11.2. The molecule has 0 radical (unpaired) electrons. The van der Waals surface area contributed by atoms with E-state index in [1.807, 2.05) is 30.0 Å². The number of rotatable bonds is 5. The number of aromatic amines is 1. The van der Waals surface area contributed by atoms with Crippen LogP contribution in [0.3, 0.4) is 0 Å². The molecule has 0 aliphatic heterocycles. The molecule has 2 N–H and O–H groups in total. The van der Waals surface area contributed by atoms with Gasteiger partial charge < -0.3 is 5.32 Å². The van der Waals surface area contributed by atoms with Crippen LogP contribution in [0.1, 0.15) is 42.8 Å². The highest BCUT2D eigenvalue weighted by molar-refractivity contribution is 7.12. The Labute approximate surface area is 178 Å². The Balaban J connectivity index is 1.34. The minimum atomic E-state index is 0.0207. The minimum Gasteiger partial charge on any atom is -0.349 e. The summed E-state index contributed by atoms with van der Waals surface area (Å²) in [5.74, 6) is 1.41. The number of fused-ring (bicyclic) bond motifs is 1. The number of carbonyl (C=O) groups is 1. The summed E-state index contributed by atoms with van der Waals surface area (Å²) in [6.45, 7) is 4.53. The molecule has 30 heavy (non-hydrogen) atoms. The molecule has 8 heteroatoms. The summed E-state index contributed by atoms with van der Waals surface area (Å²) in [5.41, 5.74) is 4.55. The van der Waals surface area contributed by atoms with E-state index in [9.17, 15) is 4.79 Å². The van der Waals surface area contributed by atoms with Gasteiger partial charge in [-0.3, -0.25) is 9.89 Å². The molecule has 154 valence electrons. The van der Waals surface area contributed by atoms with Gasteiger partial charge in [0.1, 0.15) is 0 Å². The highest BCUT2D eigenvalue weighted by Gasteiger charge is 2.28. The Morgan fingerprint density at radius 1 is 1.23 bits per heavy atom. The third-order valence-corrected chi connectivity index (χ3v) is 7.00. The maximum absolute atomic E-state index is 12.8. The lowest BCUT2D eigenvalue weighted by molar-refractivity contribution is 0.0940. The quantitative estimate of drug-likeness (QED) is 0.501. The largest absolute Gasteiger partial charge is 0.349 e. The van der Waals surface area contributed by atoms with Crippen molar-refractivity contribution in [3.8, 4) is 22.3 Å². The Hall–Kier alpha value is -3.00. The van der Waals surface area contributed by atoms with E-state index in [0.717, 1.165) is 45.6 Å². The molecule has 0 aromatic carbocycles. The summed E-state index contributed by atoms with van der Waals surface area (Å²) >= 11 is 1.47. The zero-order valence-electron chi connectivity index (χ0n) is 17.0. The summed E-state index contributed by atoms with van der Waals surface area (Å²) in [6, 6.07) is 2.23. The van der Waals surface area contributed by atoms with E-state index >= 15 is 0 Å². The molecular formula is C22H24N6OS. The Bertz CT molecular complexity index is 1180. The zero-order chi connectivity index (χ0) is 20.7. The van der Waals surface area contributed by atoms with Crippen molar-refractivity contribution in [1.29, 1.82) is 0 Å². The fourth-order valence-corrected chi connectivity index (χ4v) is 5.05. The second-order valence-electron chi connectivity index (χ2n) is 8.34. The second kappa shape index (κ2) is 7.68. The maximum atomic E-state index is 12.8. The van der Waals surface area contributed by atoms with E-state index in [2.05, 4.69) is 39.4 Å². The minimum absolute atomic E-state index is 0.0207. The average molecular weight is 421 g/mol. The topological polar surface area (TPSA) is 88.0 Å². The highest BCUT2D eigenvalue weighted by atomic mass is 32.1. The lowest BCUT2D eigenvalue weighted by Crippen LogP contribution is -2.32. The van der Waals surface area contributed by atoms with Crippen molar-refractivity contribution >= 4 is 22.9 Å². The molecule has 7 nitrogen and oxygen atoms in total. The number of H-pyrrole nitrogens is 1. The van der Waals surface area contributed by atoms with Gasteiger partial charge in [0.15, 0.2) is 5.65 Å². The molecule has 4 aromatic heterocycles. The monoisotopic (exact) mass is 420 g/mol. The van der Waals surface area contributed by atoms with Gasteiger partial charge in [0.25, 0.3) is 5.91 Å². The fraction of sp³-hybridized carbons (Fsp3) is 0.364. The Kier molecular flexibility index (Phi) is 4.86. The SMILES string of the molecule is CC(C)C1CC[C@@H](NC(=O)c2cc(-c3cnn4cc(-c5cn[nH]c5)cnc34)cs2)C1. The van der Waals surface area contributed by atoms with Crippen molar-refractivity contribution in [3.05, 3.63) is 47.3 Å². The molecule has 1 saturated carbocycles. The van der Waals surface area contributed by atoms with Gasteiger partial charge in [-0.15, -0.1) is 11.3 Å². The molecule has 0 saturated heterocycles. The number of hydrogen-bond acceptors (Lipinski definition) is 5. The van der Waals surface area contributed by atoms with Gasteiger partial charge in [0.05, 0.1) is 17.3 Å². The third kappa shape index (κ3) is 3.52. The fourth-order valence-electron chi connectivity index (χ4n) is 4.24. The van der Waals surface area contributed by atoms with Crippen LogP contribution in [0, 0.1) is 11.8 Å². The van der Waals surface area contributed by atoms with E-state index < -0.39 is 0 Å². The third-order valence-electron chi connectivity index (χ3n) is 6.07. The van der Waals surface area contributed by atoms with E-state index in [1.165, 1.54) is 17.8 Å². The standard InChI is InChI=1S/C22H24N6OS/c1-13(2)14-3-4-18(5-14)27-22(29)20-6-15(12-30-20)19-10-26-28-11-17(7-23-21(19)28)16-8-24-25-9-16/h6-14,18H,3-5H2,1-2H3,(H,24,25)(H,27,29)/t14?,18-/m1/s1. The van der Waals surface area contributed by atoms with Crippen LogP contribution in [0.15, 0.2) is 42.4 Å². The molecule has 4 aromatic rings. The number of thiophene rings is 1. The predicted molar refractivity (Wildman–Crippen MR) is 117 cm³/mol. The number of carbonyl (C=O) groups excluding carboxylic acids is 1. The van der Waals surface area contributed by atoms with E-state index in [0.29, 0.717) is 11.8 Å². The van der Waals surface area contributed by atoms with Gasteiger partial charge in [-0.05, 0) is 48.1 Å². The molecule has 1 amide bonds. The van der Waals surface area contributed by atoms with Crippen LogP contribution in [-0.2, 0) is 0 Å². The molecule has 1 aliphatic carbocycles. The molecular weight excluding hydrogens is 396 g/mol. The Morgan fingerprint density at radius 3 is 2.90 bits per heavy atom. The van der Waals surface area contributed by atoms with Crippen LogP contribution >= 0.6 is 11.3 Å². The van der Waals surface area contributed by atoms with Crippen molar-refractivity contribution in [2.45, 2.75) is 39.2 Å². The summed E-state index contributed by atoms with van der Waals surface area (Å²) in [6.07, 6.45) is 12.5. The van der Waals surface area contributed by atoms with Crippen molar-refractivity contribution in [3.63, 3.8) is 0 Å². The lowest BCUT2D eigenvalue weighted by Gasteiger charge is -2.15. The normalized spacial score (nSPS) is 19.0. The van der Waals surface area contributed by atoms with Crippen LogP contribution in [0.25, 0.3) is 27.9 Å². The average Bonchev–Trinajstić information content (AvgIpc) is 3.53. The van der Waals surface area contributed by atoms with Crippen LogP contribution < -0.4 is 5.32 Å². The van der Waals surface area contributed by atoms with Crippen molar-refractivity contribution < 1.29 is 4.79 Å². The van der Waals surface area contributed by atoms with Gasteiger partial charge in [0, 0.05) is 41.3 Å². The van der Waals surface area contributed by atoms with E-state index in [-0.39, 0.29) is 11.9 Å². The Morgan fingerprint density at radius 2 is 2.13 bits per heavy atom. The van der Waals surface area contributed by atoms with Gasteiger partial charge >= 0.3 is 0 Å². The number of nitrogens with one attached hydrogen (secondary N) is 2. The predicted octanol–water partition coefficient (Wildman–Crippen LogP) is 4.40. The number of nitrogens with zero attached hydrogens (tertiary/aromatic N) is 4. The molecule has 5 rings (SSSR count). The second-order valence-corrected chi connectivity index (χ2v) is 9.25. The van der Waals surface area contributed by atoms with Crippen LogP contribution in [0.5, 0.6) is 0 Å². The molecule has 1 fully saturated rings. The van der Waals surface area contributed by atoms with Gasteiger partial charge in [0.2, 0.25) is 0 Å². The first kappa shape index (κ1) is 19.0. The lowest BCUT2D eigenvalue weighted by atomic mass is 9.94. The molecule has 2 atom stereocenters. The number of aromatic nitrogens is 5. The maximum Gasteiger partial charge on any atom is 0.261 e. The van der Waals surface area contributed by atoms with Gasteiger partial charge in [-0.1, -0.05) is 13.8 Å². The molecule has 4 heterocycles. The molecule has 0 bridgehead atoms. The summed E-state index contributed by atoms with van der Waals surface area (Å²) in [5, 5.41) is 16.5. The van der Waals surface area contributed by atoms with Gasteiger partial charge in [-0.2, -0.15) is 10.2 Å². The number of hydrogen-bond donors (Lipinski definition) is 2. The zero-order valence-corrected chi connectivity index (χ0v) is 17.8. The van der Waals surface area contributed by atoms with Crippen molar-refractivity contribution in [2.75, 3.05) is 0 Å². The summed E-state index contributed by atoms with van der Waals surface area (Å²) in [4.78, 5) is 18.1. The van der Waals surface area contributed by atoms with Crippen molar-refractivity contribution in [2.24, 2.45) is 11.8 Å². The van der Waals surface area contributed by atoms with Crippen LogP contribution in [0.2, 0.25) is 0 Å². The van der Waals surface area contributed by atoms with Crippen LogP contribution in [-0.4, -0.2) is 36.7 Å². The molecule has 0 spiro atoms. The first-order valence-electron chi connectivity index (χ1n) is 10.3. The number of amides is 1. The first-order chi connectivity index (χ1) is 14.6. The van der Waals surface area contributed by atoms with Gasteiger partial charge in [-0.25, -0.2) is 9.50 Å². The smallest absolute Gasteiger partial charge is 0.261 e.